The van der Waals surface area contributed by atoms with Crippen LogP contribution in [-0.4, -0.2) is 16.8 Å². The molecule has 0 amide bonds. The summed E-state index contributed by atoms with van der Waals surface area (Å²) in [5, 5.41) is 3.95. The molecule has 2 aliphatic rings. The van der Waals surface area contributed by atoms with E-state index in [0.717, 1.165) is 17.5 Å². The number of benzene rings is 1. The Hall–Kier alpha value is -0.870. The first-order chi connectivity index (χ1) is 8.33. The zero-order valence-corrected chi connectivity index (χ0v) is 11.0. The molecule has 1 aliphatic carbocycles. The predicted octanol–water partition coefficient (Wildman–Crippen LogP) is 3.09. The lowest BCUT2D eigenvalue weighted by atomic mass is 10.1. The van der Waals surface area contributed by atoms with E-state index in [9.17, 15) is 0 Å². The van der Waals surface area contributed by atoms with Gasteiger partial charge in [0, 0.05) is 6.42 Å². The third-order valence-corrected chi connectivity index (χ3v) is 4.10. The molecular formula is C13H14BrNO2. The fraction of sp³-hybridized carbons (Fsp3) is 0.462. The zero-order chi connectivity index (χ0) is 11.7. The molecule has 0 saturated heterocycles. The summed E-state index contributed by atoms with van der Waals surface area (Å²) in [6.07, 6.45) is 2.44. The van der Waals surface area contributed by atoms with Gasteiger partial charge in [0.05, 0.1) is 18.6 Å². The molecule has 0 bridgehead atoms. The molecule has 1 aromatic rings. The van der Waals surface area contributed by atoms with E-state index < -0.39 is 0 Å². The highest BCUT2D eigenvalue weighted by molar-refractivity contribution is 9.18. The van der Waals surface area contributed by atoms with Crippen molar-refractivity contribution in [1.82, 2.24) is 0 Å². The van der Waals surface area contributed by atoms with Crippen LogP contribution in [0.1, 0.15) is 18.4 Å². The number of ether oxygens (including phenoxy) is 1. The van der Waals surface area contributed by atoms with Crippen LogP contribution < -0.4 is 0 Å². The molecule has 1 fully saturated rings. The first kappa shape index (κ1) is 11.2. The average Bonchev–Trinajstić information content (AvgIpc) is 2.91. The van der Waals surface area contributed by atoms with E-state index >= 15 is 0 Å². The third-order valence-electron chi connectivity index (χ3n) is 3.37. The highest BCUT2D eigenvalue weighted by Gasteiger charge is 2.42. The molecule has 90 valence electrons. The molecule has 3 atom stereocenters. The van der Waals surface area contributed by atoms with Crippen molar-refractivity contribution in [1.29, 1.82) is 0 Å². The van der Waals surface area contributed by atoms with Crippen LogP contribution in [-0.2, 0) is 16.2 Å². The number of rotatable bonds is 3. The summed E-state index contributed by atoms with van der Waals surface area (Å²) in [5.41, 5.74) is 1.22. The molecule has 0 aromatic heterocycles. The zero-order valence-electron chi connectivity index (χ0n) is 9.38. The van der Waals surface area contributed by atoms with Crippen molar-refractivity contribution in [3.8, 4) is 0 Å². The highest BCUT2D eigenvalue weighted by atomic mass is 79.9. The Balaban J connectivity index is 1.53. The van der Waals surface area contributed by atoms with Gasteiger partial charge >= 0.3 is 0 Å². The van der Waals surface area contributed by atoms with Crippen LogP contribution in [0.5, 0.6) is 0 Å². The molecule has 0 spiro atoms. The summed E-state index contributed by atoms with van der Waals surface area (Å²) in [7, 11) is 0. The van der Waals surface area contributed by atoms with Gasteiger partial charge in [-0.15, -0.1) is 0 Å². The van der Waals surface area contributed by atoms with Crippen molar-refractivity contribution < 1.29 is 9.57 Å². The summed E-state index contributed by atoms with van der Waals surface area (Å²) >= 11 is 3.44. The van der Waals surface area contributed by atoms with E-state index in [-0.39, 0.29) is 12.2 Å². The molecule has 0 N–H and O–H groups in total. The monoisotopic (exact) mass is 295 g/mol. The van der Waals surface area contributed by atoms with Crippen molar-refractivity contribution in [2.24, 2.45) is 11.1 Å². The summed E-state index contributed by atoms with van der Waals surface area (Å²) in [4.78, 5) is 5.33. The van der Waals surface area contributed by atoms with Gasteiger partial charge in [-0.1, -0.05) is 35.5 Å². The van der Waals surface area contributed by atoms with Crippen molar-refractivity contribution in [3.05, 3.63) is 35.9 Å². The van der Waals surface area contributed by atoms with Crippen LogP contribution in [0.3, 0.4) is 0 Å². The van der Waals surface area contributed by atoms with Gasteiger partial charge in [0.2, 0.25) is 0 Å². The normalized spacial score (nSPS) is 30.9. The fourth-order valence-corrected chi connectivity index (χ4v) is 3.00. The molecule has 3 rings (SSSR count). The summed E-state index contributed by atoms with van der Waals surface area (Å²) in [5.74, 6) is 0.399. The standard InChI is InChI=1S/C13H14BrNO2/c14-13-11-6-10(7-12(11)17-15-13)16-8-9-4-2-1-3-5-9/h1-5,10-12H,6-8H2. The lowest BCUT2D eigenvalue weighted by molar-refractivity contribution is 0.0202. The maximum absolute atomic E-state index is 5.92. The predicted molar refractivity (Wildman–Crippen MR) is 69.0 cm³/mol. The van der Waals surface area contributed by atoms with Gasteiger partial charge < -0.3 is 9.57 Å². The number of oxime groups is 1. The van der Waals surface area contributed by atoms with Crippen LogP contribution >= 0.6 is 15.9 Å². The van der Waals surface area contributed by atoms with Crippen molar-refractivity contribution >= 4 is 20.6 Å². The van der Waals surface area contributed by atoms with Crippen molar-refractivity contribution in [3.63, 3.8) is 0 Å². The average molecular weight is 296 g/mol. The SMILES string of the molecule is BrC1=NOC2CC(OCc3ccccc3)CC12. The summed E-state index contributed by atoms with van der Waals surface area (Å²) < 4.78 is 6.86. The van der Waals surface area contributed by atoms with Gasteiger partial charge in [0.1, 0.15) is 10.7 Å². The minimum atomic E-state index is 0.213. The largest absolute Gasteiger partial charge is 0.391 e. The minimum Gasteiger partial charge on any atom is -0.391 e. The van der Waals surface area contributed by atoms with Gasteiger partial charge in [0.15, 0.2) is 0 Å². The lowest BCUT2D eigenvalue weighted by Crippen LogP contribution is -2.12. The second-order valence-electron chi connectivity index (χ2n) is 4.55. The second kappa shape index (κ2) is 4.78. The molecule has 17 heavy (non-hydrogen) atoms. The Morgan fingerprint density at radius 3 is 2.88 bits per heavy atom. The first-order valence-electron chi connectivity index (χ1n) is 5.87. The molecule has 1 saturated carbocycles. The molecule has 1 heterocycles. The van der Waals surface area contributed by atoms with Gasteiger partial charge in [0.25, 0.3) is 0 Å². The Kier molecular flexibility index (Phi) is 3.16. The second-order valence-corrected chi connectivity index (χ2v) is 5.37. The van der Waals surface area contributed by atoms with E-state index in [0.29, 0.717) is 12.5 Å². The Morgan fingerprint density at radius 1 is 1.29 bits per heavy atom. The van der Waals surface area contributed by atoms with Gasteiger partial charge in [-0.05, 0) is 27.9 Å². The third kappa shape index (κ3) is 2.38. The number of fused-ring (bicyclic) bond motifs is 1. The van der Waals surface area contributed by atoms with Crippen LogP contribution in [0.25, 0.3) is 0 Å². The Morgan fingerprint density at radius 2 is 2.12 bits per heavy atom. The van der Waals surface area contributed by atoms with E-state index in [1.807, 2.05) is 18.2 Å². The number of hydrogen-bond donors (Lipinski definition) is 0. The van der Waals surface area contributed by atoms with Crippen LogP contribution in [0.15, 0.2) is 35.5 Å². The maximum Gasteiger partial charge on any atom is 0.139 e. The van der Waals surface area contributed by atoms with E-state index in [1.165, 1.54) is 5.56 Å². The number of halogens is 1. The summed E-state index contributed by atoms with van der Waals surface area (Å²) in [6.45, 7) is 0.680. The van der Waals surface area contributed by atoms with Crippen molar-refractivity contribution in [2.45, 2.75) is 31.7 Å². The van der Waals surface area contributed by atoms with Gasteiger partial charge in [-0.3, -0.25) is 0 Å². The lowest BCUT2D eigenvalue weighted by Gasteiger charge is -2.11. The van der Waals surface area contributed by atoms with Crippen molar-refractivity contribution in [2.75, 3.05) is 0 Å². The van der Waals surface area contributed by atoms with Crippen LogP contribution in [0.2, 0.25) is 0 Å². The van der Waals surface area contributed by atoms with E-state index in [2.05, 4.69) is 33.2 Å². The smallest absolute Gasteiger partial charge is 0.139 e. The first-order valence-corrected chi connectivity index (χ1v) is 6.67. The molecule has 3 unspecified atom stereocenters. The quantitative estimate of drug-likeness (QED) is 0.858. The Labute approximate surface area is 109 Å². The fourth-order valence-electron chi connectivity index (χ4n) is 2.43. The minimum absolute atomic E-state index is 0.213. The van der Waals surface area contributed by atoms with Crippen LogP contribution in [0, 0.1) is 5.92 Å². The molecule has 0 radical (unpaired) electrons. The molecule has 3 nitrogen and oxygen atoms in total. The molecule has 1 aromatic carbocycles. The highest BCUT2D eigenvalue weighted by Crippen LogP contribution is 2.37. The van der Waals surface area contributed by atoms with E-state index in [1.54, 1.807) is 0 Å². The molecule has 1 aliphatic heterocycles. The van der Waals surface area contributed by atoms with E-state index in [4.69, 9.17) is 9.57 Å². The number of hydrogen-bond acceptors (Lipinski definition) is 3. The Bertz CT molecular complexity index is 421. The summed E-state index contributed by atoms with van der Waals surface area (Å²) in [6, 6.07) is 10.3. The van der Waals surface area contributed by atoms with Crippen LogP contribution in [0.4, 0.5) is 0 Å². The number of nitrogens with zero attached hydrogens (tertiary/aromatic N) is 1. The molecule has 4 heteroatoms. The molecular weight excluding hydrogens is 282 g/mol. The maximum atomic E-state index is 5.92. The van der Waals surface area contributed by atoms with Gasteiger partial charge in [-0.2, -0.15) is 0 Å². The van der Waals surface area contributed by atoms with Gasteiger partial charge in [-0.25, -0.2) is 0 Å². The topological polar surface area (TPSA) is 30.8 Å².